The predicted octanol–water partition coefficient (Wildman–Crippen LogP) is 10.6. The Morgan fingerprint density at radius 1 is 0.635 bits per heavy atom. The molecule has 12 heteroatoms. The first kappa shape index (κ1) is 41.0. The molecule has 4 aromatic rings. The minimum atomic E-state index is -0.0303. The highest BCUT2D eigenvalue weighted by Gasteiger charge is 2.30. The van der Waals surface area contributed by atoms with Crippen LogP contribution in [0.25, 0.3) is 21.8 Å². The molecule has 4 atom stereocenters. The number of aromatic nitrogens is 4. The summed E-state index contributed by atoms with van der Waals surface area (Å²) in [6.45, 7) is 18.4. The third-order valence-electron chi connectivity index (χ3n) is 10.7. The predicted molar refractivity (Wildman–Crippen MR) is 219 cm³/mol. The van der Waals surface area contributed by atoms with Crippen LogP contribution in [0.5, 0.6) is 0 Å². The van der Waals surface area contributed by atoms with Gasteiger partial charge in [-0.05, 0) is 102 Å². The van der Waals surface area contributed by atoms with E-state index in [1.54, 1.807) is 24.3 Å². The molecule has 4 heterocycles. The van der Waals surface area contributed by atoms with Crippen LogP contribution in [-0.2, 0) is 13.1 Å². The number of fused-ring (bicyclic) bond motifs is 2. The second kappa shape index (κ2) is 18.4. The molecule has 2 aliphatic rings. The molecule has 2 saturated heterocycles. The van der Waals surface area contributed by atoms with Crippen molar-refractivity contribution >= 4 is 68.2 Å². The molecular weight excluding hydrogens is 738 g/mol. The van der Waals surface area contributed by atoms with Crippen molar-refractivity contribution in [2.45, 2.75) is 118 Å². The molecule has 0 aliphatic carbocycles. The summed E-state index contributed by atoms with van der Waals surface area (Å²) in [5.41, 5.74) is 1.21. The van der Waals surface area contributed by atoms with Crippen LogP contribution in [0.4, 0.5) is 0 Å². The maximum absolute atomic E-state index is 13.1. The zero-order chi connectivity index (χ0) is 37.7. The molecule has 2 aromatic heterocycles. The Labute approximate surface area is 328 Å². The van der Waals surface area contributed by atoms with Gasteiger partial charge in [-0.2, -0.15) is 0 Å². The van der Waals surface area contributed by atoms with E-state index in [9.17, 15) is 9.59 Å². The fraction of sp³-hybridized carbons (Fsp3) is 0.600. The Kier molecular flexibility index (Phi) is 14.5. The van der Waals surface area contributed by atoms with E-state index in [-0.39, 0.29) is 23.2 Å². The van der Waals surface area contributed by atoms with Gasteiger partial charge in [0.05, 0.1) is 54.0 Å². The van der Waals surface area contributed by atoms with Crippen LogP contribution < -0.4 is 11.1 Å². The molecular formula is C40H54Cl4N6O2. The average molecular weight is 793 g/mol. The standard InChI is InChI=1S/2C20H27Cl2N3O/c2*1-4-7-18(24-9-6-8-13(3)12-24)19-23-17-11-16(22)15(21)10-14(17)20(26)25(19)5-2/h2*10-11,13,18H,4-9,12H2,1-3H3/t13-,18+;13-,18-/m11/s1. The lowest BCUT2D eigenvalue weighted by Gasteiger charge is -2.37. The number of nitrogens with zero attached hydrogens (tertiary/aromatic N) is 6. The van der Waals surface area contributed by atoms with E-state index in [4.69, 9.17) is 56.4 Å². The second-order valence-corrected chi connectivity index (χ2v) is 16.3. The number of rotatable bonds is 10. The number of hydrogen-bond acceptors (Lipinski definition) is 6. The van der Waals surface area contributed by atoms with Crippen molar-refractivity contribution in [1.82, 2.24) is 28.9 Å². The molecule has 0 unspecified atom stereocenters. The van der Waals surface area contributed by atoms with Gasteiger partial charge in [-0.1, -0.05) is 86.9 Å². The molecule has 2 fully saturated rings. The Morgan fingerprint density at radius 2 is 1.00 bits per heavy atom. The minimum absolute atomic E-state index is 0.0303. The van der Waals surface area contributed by atoms with Crippen molar-refractivity contribution in [3.05, 3.63) is 76.7 Å². The molecule has 0 saturated carbocycles. The van der Waals surface area contributed by atoms with Crippen LogP contribution >= 0.6 is 46.4 Å². The number of halogens is 4. The number of piperidine rings is 2. The Morgan fingerprint density at radius 3 is 1.33 bits per heavy atom. The number of likely N-dealkylation sites (tertiary alicyclic amines) is 2. The third-order valence-corrected chi connectivity index (χ3v) is 12.1. The SMILES string of the molecule is CCC[C@@H](c1nc2cc(Cl)c(Cl)cc2c(=O)n1CC)N1CCC[C@@H](C)C1.CCC[C@H](c1nc2cc(Cl)c(Cl)cc2c(=O)n1CC)N1CCC[C@@H](C)C1. The topological polar surface area (TPSA) is 76.3 Å². The van der Waals surface area contributed by atoms with Gasteiger partial charge in [-0.3, -0.25) is 28.5 Å². The van der Waals surface area contributed by atoms with E-state index in [0.29, 0.717) is 66.8 Å². The summed E-state index contributed by atoms with van der Waals surface area (Å²) < 4.78 is 3.62. The van der Waals surface area contributed by atoms with E-state index >= 15 is 0 Å². The molecule has 0 amide bonds. The van der Waals surface area contributed by atoms with Gasteiger partial charge in [0, 0.05) is 26.2 Å². The normalized spacial score (nSPS) is 19.8. The lowest BCUT2D eigenvalue weighted by Crippen LogP contribution is -2.40. The molecule has 2 aromatic carbocycles. The van der Waals surface area contributed by atoms with Gasteiger partial charge in [0.1, 0.15) is 11.6 Å². The first-order valence-corrected chi connectivity index (χ1v) is 20.7. The molecule has 52 heavy (non-hydrogen) atoms. The highest BCUT2D eigenvalue weighted by molar-refractivity contribution is 6.43. The van der Waals surface area contributed by atoms with Gasteiger partial charge < -0.3 is 0 Å². The van der Waals surface area contributed by atoms with Crippen molar-refractivity contribution in [2.24, 2.45) is 11.8 Å². The lowest BCUT2D eigenvalue weighted by atomic mass is 9.97. The lowest BCUT2D eigenvalue weighted by molar-refractivity contribution is 0.115. The number of benzene rings is 2. The molecule has 6 rings (SSSR count). The maximum atomic E-state index is 13.1. The second-order valence-electron chi connectivity index (χ2n) is 14.7. The largest absolute Gasteiger partial charge is 0.295 e. The van der Waals surface area contributed by atoms with Crippen molar-refractivity contribution in [3.63, 3.8) is 0 Å². The fourth-order valence-corrected chi connectivity index (χ4v) is 8.74. The maximum Gasteiger partial charge on any atom is 0.261 e. The van der Waals surface area contributed by atoms with Gasteiger partial charge in [0.2, 0.25) is 0 Å². The summed E-state index contributed by atoms with van der Waals surface area (Å²) in [5, 5.41) is 2.72. The van der Waals surface area contributed by atoms with Gasteiger partial charge in [-0.25, -0.2) is 9.97 Å². The van der Waals surface area contributed by atoms with E-state index in [1.807, 2.05) is 23.0 Å². The van der Waals surface area contributed by atoms with E-state index in [2.05, 4.69) is 37.5 Å². The van der Waals surface area contributed by atoms with Gasteiger partial charge >= 0.3 is 0 Å². The zero-order valence-electron chi connectivity index (χ0n) is 31.5. The zero-order valence-corrected chi connectivity index (χ0v) is 34.6. The first-order chi connectivity index (χ1) is 24.9. The quantitative estimate of drug-likeness (QED) is 0.159. The van der Waals surface area contributed by atoms with E-state index < -0.39 is 0 Å². The third kappa shape index (κ3) is 9.01. The summed E-state index contributed by atoms with van der Waals surface area (Å²) >= 11 is 24.6. The van der Waals surface area contributed by atoms with Crippen LogP contribution in [0.15, 0.2) is 33.9 Å². The van der Waals surface area contributed by atoms with Crippen LogP contribution in [0, 0.1) is 11.8 Å². The molecule has 0 N–H and O–H groups in total. The van der Waals surface area contributed by atoms with Gasteiger partial charge in [0.25, 0.3) is 11.1 Å². The van der Waals surface area contributed by atoms with Crippen LogP contribution in [0.2, 0.25) is 20.1 Å². The van der Waals surface area contributed by atoms with Crippen LogP contribution in [0.3, 0.4) is 0 Å². The Hall–Kier alpha value is -2.20. The summed E-state index contributed by atoms with van der Waals surface area (Å²) in [6, 6.07) is 7.03. The van der Waals surface area contributed by atoms with Crippen LogP contribution in [-0.4, -0.2) is 55.1 Å². The summed E-state index contributed by atoms with van der Waals surface area (Å²) in [7, 11) is 0. The highest BCUT2D eigenvalue weighted by Crippen LogP contribution is 2.33. The molecule has 0 radical (unpaired) electrons. The molecule has 8 nitrogen and oxygen atoms in total. The van der Waals surface area contributed by atoms with Crippen LogP contribution in [0.1, 0.15) is 117 Å². The van der Waals surface area contributed by atoms with Crippen molar-refractivity contribution < 1.29 is 0 Å². The molecule has 0 bridgehead atoms. The Balaban J connectivity index is 0.000000201. The minimum Gasteiger partial charge on any atom is -0.295 e. The monoisotopic (exact) mass is 790 g/mol. The van der Waals surface area contributed by atoms with E-state index in [1.165, 1.54) is 25.7 Å². The van der Waals surface area contributed by atoms with Gasteiger partial charge in [-0.15, -0.1) is 0 Å². The smallest absolute Gasteiger partial charge is 0.261 e. The van der Waals surface area contributed by atoms with Crippen molar-refractivity contribution in [3.8, 4) is 0 Å². The molecule has 2 aliphatic heterocycles. The Bertz CT molecular complexity index is 1840. The fourth-order valence-electron chi connectivity index (χ4n) is 8.10. The summed E-state index contributed by atoms with van der Waals surface area (Å²) in [4.78, 5) is 41.0. The average Bonchev–Trinajstić information content (AvgIpc) is 3.11. The van der Waals surface area contributed by atoms with E-state index in [0.717, 1.165) is 63.5 Å². The van der Waals surface area contributed by atoms with Crippen molar-refractivity contribution in [2.75, 3.05) is 26.2 Å². The first-order valence-electron chi connectivity index (χ1n) is 19.2. The van der Waals surface area contributed by atoms with Crippen molar-refractivity contribution in [1.29, 1.82) is 0 Å². The summed E-state index contributed by atoms with van der Waals surface area (Å²) in [5.74, 6) is 3.08. The molecule has 0 spiro atoms. The highest BCUT2D eigenvalue weighted by atomic mass is 35.5. The molecule has 284 valence electrons. The summed E-state index contributed by atoms with van der Waals surface area (Å²) in [6.07, 6.45) is 9.03. The van der Waals surface area contributed by atoms with Gasteiger partial charge in [0.15, 0.2) is 0 Å². The number of hydrogen-bond donors (Lipinski definition) is 0.